The molecule has 0 fully saturated rings. The van der Waals surface area contributed by atoms with Gasteiger partial charge < -0.3 is 15.6 Å². The monoisotopic (exact) mass is 416 g/mol. The number of nitrogens with one attached hydrogen (secondary N) is 3. The summed E-state index contributed by atoms with van der Waals surface area (Å²) in [5, 5.41) is 5.94. The summed E-state index contributed by atoms with van der Waals surface area (Å²) in [6.45, 7) is 1.93. The van der Waals surface area contributed by atoms with Gasteiger partial charge in [0, 0.05) is 29.7 Å². The summed E-state index contributed by atoms with van der Waals surface area (Å²) < 4.78 is 13.0. The standard InChI is InChI=1S/C23H21FN6O/c1-15(27-22(31)21-29-19-7-2-3-8-20(19)30-21)5-4-6-16-13-25-23(26-14-16)28-18-11-9-17(24)10-12-18/h2-4,6-15H,5H2,1H3,(H,27,31)(H,29,30)(H,25,26,28)/b6-4+/t15-/m0/s1. The third-order valence-electron chi connectivity index (χ3n) is 4.55. The van der Waals surface area contributed by atoms with Crippen LogP contribution in [-0.2, 0) is 0 Å². The number of halogens is 1. The lowest BCUT2D eigenvalue weighted by Crippen LogP contribution is -2.32. The number of aromatic nitrogens is 4. The summed E-state index contributed by atoms with van der Waals surface area (Å²) in [5.74, 6) is 0.191. The number of carbonyl (C=O) groups excluding carboxylic acids is 1. The molecule has 0 saturated carbocycles. The first-order chi connectivity index (χ1) is 15.1. The summed E-state index contributed by atoms with van der Waals surface area (Å²) in [7, 11) is 0. The normalized spacial score (nSPS) is 12.2. The topological polar surface area (TPSA) is 95.6 Å². The summed E-state index contributed by atoms with van der Waals surface area (Å²) >= 11 is 0. The van der Waals surface area contributed by atoms with E-state index in [9.17, 15) is 9.18 Å². The molecule has 4 aromatic rings. The van der Waals surface area contributed by atoms with Gasteiger partial charge in [-0.05, 0) is 49.7 Å². The Labute approximate surface area is 178 Å². The number of hydrogen-bond donors (Lipinski definition) is 3. The second-order valence-corrected chi connectivity index (χ2v) is 7.09. The number of H-pyrrole nitrogens is 1. The number of benzene rings is 2. The van der Waals surface area contributed by atoms with Crippen molar-refractivity contribution in [2.75, 3.05) is 5.32 Å². The number of hydrogen-bond acceptors (Lipinski definition) is 5. The molecule has 2 aromatic carbocycles. The number of amides is 1. The minimum atomic E-state index is -0.296. The van der Waals surface area contributed by atoms with Gasteiger partial charge in [-0.3, -0.25) is 4.79 Å². The fraction of sp³-hybridized carbons (Fsp3) is 0.130. The Bertz CT molecular complexity index is 1170. The van der Waals surface area contributed by atoms with Crippen LogP contribution in [0, 0.1) is 5.82 Å². The Morgan fingerprint density at radius 3 is 2.61 bits per heavy atom. The molecule has 1 amide bonds. The molecule has 0 saturated heterocycles. The fourth-order valence-electron chi connectivity index (χ4n) is 2.97. The average molecular weight is 416 g/mol. The van der Waals surface area contributed by atoms with Crippen LogP contribution in [0.3, 0.4) is 0 Å². The van der Waals surface area contributed by atoms with E-state index in [2.05, 4.69) is 30.6 Å². The van der Waals surface area contributed by atoms with Crippen molar-refractivity contribution in [2.24, 2.45) is 0 Å². The quantitative estimate of drug-likeness (QED) is 0.413. The molecule has 0 bridgehead atoms. The smallest absolute Gasteiger partial charge is 0.287 e. The van der Waals surface area contributed by atoms with Crippen LogP contribution in [0.15, 0.2) is 67.0 Å². The van der Waals surface area contributed by atoms with Crippen molar-refractivity contribution >= 4 is 34.7 Å². The summed E-state index contributed by atoms with van der Waals surface area (Å²) in [6.07, 6.45) is 7.86. The van der Waals surface area contributed by atoms with Gasteiger partial charge in [0.2, 0.25) is 5.95 Å². The van der Waals surface area contributed by atoms with E-state index in [1.54, 1.807) is 24.5 Å². The molecule has 3 N–H and O–H groups in total. The highest BCUT2D eigenvalue weighted by molar-refractivity contribution is 5.94. The Morgan fingerprint density at radius 2 is 1.87 bits per heavy atom. The van der Waals surface area contributed by atoms with Gasteiger partial charge in [-0.1, -0.05) is 24.3 Å². The van der Waals surface area contributed by atoms with Gasteiger partial charge in [0.15, 0.2) is 5.82 Å². The number of carbonyl (C=O) groups is 1. The first kappa shape index (κ1) is 20.2. The van der Waals surface area contributed by atoms with Crippen LogP contribution >= 0.6 is 0 Å². The van der Waals surface area contributed by atoms with Crippen molar-refractivity contribution in [2.45, 2.75) is 19.4 Å². The zero-order valence-corrected chi connectivity index (χ0v) is 16.8. The molecule has 31 heavy (non-hydrogen) atoms. The second-order valence-electron chi connectivity index (χ2n) is 7.09. The van der Waals surface area contributed by atoms with Crippen LogP contribution in [0.25, 0.3) is 17.1 Å². The molecule has 8 heteroatoms. The van der Waals surface area contributed by atoms with Crippen LogP contribution in [0.2, 0.25) is 0 Å². The van der Waals surface area contributed by atoms with E-state index in [1.165, 1.54) is 12.1 Å². The van der Waals surface area contributed by atoms with E-state index in [-0.39, 0.29) is 17.8 Å². The third-order valence-corrected chi connectivity index (χ3v) is 4.55. The highest BCUT2D eigenvalue weighted by Gasteiger charge is 2.13. The van der Waals surface area contributed by atoms with Crippen LogP contribution in [0.4, 0.5) is 16.0 Å². The summed E-state index contributed by atoms with van der Waals surface area (Å²) in [6, 6.07) is 13.4. The molecule has 0 spiro atoms. The summed E-state index contributed by atoms with van der Waals surface area (Å²) in [5.41, 5.74) is 3.13. The van der Waals surface area contributed by atoms with Crippen molar-refractivity contribution < 1.29 is 9.18 Å². The zero-order chi connectivity index (χ0) is 21.6. The molecule has 7 nitrogen and oxygen atoms in total. The largest absolute Gasteiger partial charge is 0.347 e. The molecule has 0 aliphatic carbocycles. The van der Waals surface area contributed by atoms with Crippen molar-refractivity contribution in [1.29, 1.82) is 0 Å². The molecule has 0 radical (unpaired) electrons. The first-order valence-corrected chi connectivity index (χ1v) is 9.83. The second kappa shape index (κ2) is 9.17. The highest BCUT2D eigenvalue weighted by atomic mass is 19.1. The Hall–Kier alpha value is -4.07. The van der Waals surface area contributed by atoms with Crippen LogP contribution in [0.1, 0.15) is 29.5 Å². The van der Waals surface area contributed by atoms with Crippen molar-refractivity contribution in [1.82, 2.24) is 25.3 Å². The minimum absolute atomic E-state index is 0.0719. The van der Waals surface area contributed by atoms with Gasteiger partial charge in [0.1, 0.15) is 5.82 Å². The SMILES string of the molecule is C[C@@H](C/C=C/c1cnc(Nc2ccc(F)cc2)nc1)NC(=O)c1nc2ccccc2[nH]1. The van der Waals surface area contributed by atoms with Gasteiger partial charge >= 0.3 is 0 Å². The lowest BCUT2D eigenvalue weighted by atomic mass is 10.2. The number of aromatic amines is 1. The molecule has 2 aromatic heterocycles. The number of imidazole rings is 1. The predicted octanol–water partition coefficient (Wildman–Crippen LogP) is 4.46. The Balaban J connectivity index is 1.28. The average Bonchev–Trinajstić information content (AvgIpc) is 3.21. The molecule has 0 unspecified atom stereocenters. The van der Waals surface area contributed by atoms with Crippen molar-refractivity contribution in [3.05, 3.63) is 84.2 Å². The minimum Gasteiger partial charge on any atom is -0.347 e. The maximum atomic E-state index is 13.0. The predicted molar refractivity (Wildman–Crippen MR) is 118 cm³/mol. The third kappa shape index (κ3) is 5.30. The molecule has 0 aliphatic rings. The summed E-state index contributed by atoms with van der Waals surface area (Å²) in [4.78, 5) is 28.2. The first-order valence-electron chi connectivity index (χ1n) is 9.83. The zero-order valence-electron chi connectivity index (χ0n) is 16.8. The maximum absolute atomic E-state index is 13.0. The van der Waals surface area contributed by atoms with Crippen LogP contribution < -0.4 is 10.6 Å². The Morgan fingerprint density at radius 1 is 1.13 bits per heavy atom. The van der Waals surface area contributed by atoms with Gasteiger partial charge in [-0.25, -0.2) is 19.3 Å². The lowest BCUT2D eigenvalue weighted by Gasteiger charge is -2.10. The molecule has 0 aliphatic heterocycles. The lowest BCUT2D eigenvalue weighted by molar-refractivity contribution is 0.0931. The van der Waals surface area contributed by atoms with Crippen molar-refractivity contribution in [3.8, 4) is 0 Å². The van der Waals surface area contributed by atoms with Gasteiger partial charge in [0.05, 0.1) is 11.0 Å². The van der Waals surface area contributed by atoms with E-state index in [1.807, 2.05) is 43.3 Å². The number of rotatable bonds is 7. The van der Waals surface area contributed by atoms with E-state index in [0.717, 1.165) is 16.6 Å². The van der Waals surface area contributed by atoms with Gasteiger partial charge in [-0.2, -0.15) is 0 Å². The van der Waals surface area contributed by atoms with E-state index < -0.39 is 0 Å². The van der Waals surface area contributed by atoms with E-state index in [4.69, 9.17) is 0 Å². The van der Waals surface area contributed by atoms with E-state index >= 15 is 0 Å². The van der Waals surface area contributed by atoms with Gasteiger partial charge in [-0.15, -0.1) is 0 Å². The Kier molecular flexibility index (Phi) is 5.98. The number of nitrogens with zero attached hydrogens (tertiary/aromatic N) is 3. The molecular formula is C23H21FN6O. The number of para-hydroxylation sites is 2. The highest BCUT2D eigenvalue weighted by Crippen LogP contribution is 2.14. The fourth-order valence-corrected chi connectivity index (χ4v) is 2.97. The molecular weight excluding hydrogens is 395 g/mol. The maximum Gasteiger partial charge on any atom is 0.287 e. The molecule has 4 rings (SSSR count). The number of anilines is 2. The van der Waals surface area contributed by atoms with Crippen molar-refractivity contribution in [3.63, 3.8) is 0 Å². The molecule has 1 atom stereocenters. The van der Waals surface area contributed by atoms with Gasteiger partial charge in [0.25, 0.3) is 5.91 Å². The number of fused-ring (bicyclic) bond motifs is 1. The molecule has 2 heterocycles. The van der Waals surface area contributed by atoms with E-state index in [0.29, 0.717) is 23.9 Å². The van der Waals surface area contributed by atoms with Crippen LogP contribution in [-0.4, -0.2) is 31.9 Å². The van der Waals surface area contributed by atoms with Crippen LogP contribution in [0.5, 0.6) is 0 Å². The molecule has 156 valence electrons.